The van der Waals surface area contributed by atoms with Crippen LogP contribution in [0.3, 0.4) is 0 Å². The number of fused-ring (bicyclic) bond motifs is 1. The van der Waals surface area contributed by atoms with Crippen LogP contribution in [0.4, 0.5) is 4.39 Å². The van der Waals surface area contributed by atoms with Crippen molar-refractivity contribution in [1.82, 2.24) is 19.6 Å². The first-order valence-electron chi connectivity index (χ1n) is 13.8. The minimum atomic E-state index is -1.02. The first-order valence-corrected chi connectivity index (χ1v) is 13.8. The van der Waals surface area contributed by atoms with Crippen LogP contribution < -0.4 is 4.74 Å². The summed E-state index contributed by atoms with van der Waals surface area (Å²) in [6.45, 7) is 5.20. The molecule has 1 saturated carbocycles. The van der Waals surface area contributed by atoms with Crippen molar-refractivity contribution in [2.24, 2.45) is 11.8 Å². The molecule has 9 nitrogen and oxygen atoms in total. The van der Waals surface area contributed by atoms with E-state index in [1.54, 1.807) is 42.9 Å². The Morgan fingerprint density at radius 3 is 2.70 bits per heavy atom. The largest absolute Gasteiger partial charge is 0.493 e. The lowest BCUT2D eigenvalue weighted by Gasteiger charge is -2.43. The number of hydrogen-bond acceptors (Lipinski definition) is 8. The van der Waals surface area contributed by atoms with Gasteiger partial charge in [0.25, 0.3) is 5.78 Å². The molecule has 0 radical (unpaired) electrons. The molecule has 5 rings (SSSR count). The summed E-state index contributed by atoms with van der Waals surface area (Å²) in [5, 5.41) is 13.9. The van der Waals surface area contributed by atoms with Gasteiger partial charge in [-0.3, -0.25) is 9.59 Å². The normalized spacial score (nSPS) is 21.9. The average molecular weight is 548 g/mol. The van der Waals surface area contributed by atoms with E-state index in [9.17, 15) is 14.9 Å². The fourth-order valence-electron chi connectivity index (χ4n) is 6.17. The number of Topliss-reactive ketones (excluding diaryl/α,β-unsaturated/α-hetero) is 1. The highest BCUT2D eigenvalue weighted by molar-refractivity contribution is 6.01. The summed E-state index contributed by atoms with van der Waals surface area (Å²) in [6, 6.07) is 5.51. The average Bonchev–Trinajstić information content (AvgIpc) is 3.60. The van der Waals surface area contributed by atoms with Crippen molar-refractivity contribution < 1.29 is 23.5 Å². The molecule has 2 atom stereocenters. The van der Waals surface area contributed by atoms with Crippen LogP contribution in [0.1, 0.15) is 74.9 Å². The number of carbonyl (C=O) groups excluding carboxylic acids is 2. The molecule has 3 aromatic rings. The number of carbonyl (C=O) groups is 2. The zero-order chi connectivity index (χ0) is 28.7. The molecule has 0 spiro atoms. The van der Waals surface area contributed by atoms with Gasteiger partial charge in [-0.1, -0.05) is 25.0 Å². The smallest absolute Gasteiger partial charge is 0.317 e. The maximum absolute atomic E-state index is 15.4. The van der Waals surface area contributed by atoms with Crippen LogP contribution in [0.5, 0.6) is 5.75 Å². The molecule has 1 saturated heterocycles. The number of ether oxygens (including phenoxy) is 2. The second-order valence-corrected chi connectivity index (χ2v) is 11.6. The third-order valence-corrected chi connectivity index (χ3v) is 8.46. The highest BCUT2D eigenvalue weighted by Crippen LogP contribution is 2.46. The molecule has 2 unspecified atom stereocenters. The van der Waals surface area contributed by atoms with Gasteiger partial charge < -0.3 is 9.47 Å². The molecular weight excluding hydrogens is 513 g/mol. The molecule has 1 aliphatic heterocycles. The lowest BCUT2D eigenvalue weighted by Crippen LogP contribution is -2.52. The third-order valence-electron chi connectivity index (χ3n) is 8.46. The number of rotatable bonds is 8. The quantitative estimate of drug-likeness (QED) is 0.296. The standard InChI is InChI=1S/C30H34FN5O4/c1-18-15-33-28-34-24(35-36(28)16-18)13-21-23(37)14-30(40-27(21)38,20-7-5-6-8-20)12-11-19-9-10-22(29(2,3)17-32)25(31)26(19)39-4/h9-10,15-16,20-21H,5-8,11-14H2,1-4H3. The number of benzene rings is 1. The SMILES string of the molecule is COc1c(CCC2(C3CCCC3)CC(=O)C(Cc3nc4ncc(C)cn4n3)C(=O)O2)ccc(C(C)(C)C#N)c1F. The minimum absolute atomic E-state index is 0.0504. The third kappa shape index (κ3) is 5.05. The summed E-state index contributed by atoms with van der Waals surface area (Å²) in [7, 11) is 1.40. The van der Waals surface area contributed by atoms with Crippen molar-refractivity contribution in [2.75, 3.05) is 7.11 Å². The summed E-state index contributed by atoms with van der Waals surface area (Å²) < 4.78 is 28.6. The molecule has 10 heteroatoms. The van der Waals surface area contributed by atoms with Gasteiger partial charge in [-0.2, -0.15) is 10.2 Å². The van der Waals surface area contributed by atoms with Crippen LogP contribution in [-0.4, -0.2) is 44.0 Å². The first kappa shape index (κ1) is 27.7. The Morgan fingerprint density at radius 1 is 1.27 bits per heavy atom. The van der Waals surface area contributed by atoms with E-state index in [2.05, 4.69) is 21.1 Å². The van der Waals surface area contributed by atoms with Crippen LogP contribution in [0.25, 0.3) is 5.78 Å². The second-order valence-electron chi connectivity index (χ2n) is 11.6. The lowest BCUT2D eigenvalue weighted by atomic mass is 9.73. The molecule has 1 aromatic carbocycles. The molecule has 0 bridgehead atoms. The Labute approximate surface area is 232 Å². The minimum Gasteiger partial charge on any atom is -0.493 e. The van der Waals surface area contributed by atoms with E-state index in [0.29, 0.717) is 30.0 Å². The summed E-state index contributed by atoms with van der Waals surface area (Å²) in [5.74, 6) is -1.39. The van der Waals surface area contributed by atoms with Gasteiger partial charge >= 0.3 is 5.97 Å². The molecule has 40 heavy (non-hydrogen) atoms. The second kappa shape index (κ2) is 10.6. The molecular formula is C30H34FN5O4. The maximum atomic E-state index is 15.4. The zero-order valence-corrected chi connectivity index (χ0v) is 23.4. The number of ketones is 1. The van der Waals surface area contributed by atoms with Gasteiger partial charge in [0.05, 0.1) is 18.6 Å². The molecule has 2 fully saturated rings. The van der Waals surface area contributed by atoms with Crippen LogP contribution in [0.15, 0.2) is 24.5 Å². The first-order chi connectivity index (χ1) is 19.1. The lowest BCUT2D eigenvalue weighted by molar-refractivity contribution is -0.185. The Balaban J connectivity index is 1.38. The van der Waals surface area contributed by atoms with Crippen molar-refractivity contribution in [2.45, 2.75) is 83.2 Å². The monoisotopic (exact) mass is 547 g/mol. The predicted molar refractivity (Wildman–Crippen MR) is 143 cm³/mol. The number of halogens is 1. The van der Waals surface area contributed by atoms with Crippen LogP contribution in [-0.2, 0) is 32.6 Å². The van der Waals surface area contributed by atoms with Crippen molar-refractivity contribution in [3.63, 3.8) is 0 Å². The Hall–Kier alpha value is -3.87. The number of nitriles is 1. The van der Waals surface area contributed by atoms with Gasteiger partial charge in [-0.15, -0.1) is 5.10 Å². The molecule has 210 valence electrons. The van der Waals surface area contributed by atoms with E-state index in [0.717, 1.165) is 31.2 Å². The highest BCUT2D eigenvalue weighted by atomic mass is 19.1. The van der Waals surface area contributed by atoms with Crippen molar-refractivity contribution >= 4 is 17.5 Å². The Bertz CT molecular complexity index is 1480. The summed E-state index contributed by atoms with van der Waals surface area (Å²) >= 11 is 0. The highest BCUT2D eigenvalue weighted by Gasteiger charge is 2.51. The number of methoxy groups -OCH3 is 1. The van der Waals surface area contributed by atoms with Crippen molar-refractivity contribution in [1.29, 1.82) is 5.26 Å². The fourth-order valence-corrected chi connectivity index (χ4v) is 6.17. The van der Waals surface area contributed by atoms with E-state index in [4.69, 9.17) is 9.47 Å². The van der Waals surface area contributed by atoms with Gasteiger partial charge in [0.2, 0.25) is 0 Å². The van der Waals surface area contributed by atoms with Crippen LogP contribution in [0.2, 0.25) is 0 Å². The van der Waals surface area contributed by atoms with Gasteiger partial charge in [0, 0.05) is 30.8 Å². The van der Waals surface area contributed by atoms with Gasteiger partial charge in [0.1, 0.15) is 11.5 Å². The van der Waals surface area contributed by atoms with E-state index >= 15 is 4.39 Å². The van der Waals surface area contributed by atoms with E-state index in [1.807, 2.05) is 6.92 Å². The number of aromatic nitrogens is 4. The van der Waals surface area contributed by atoms with Crippen LogP contribution >= 0.6 is 0 Å². The summed E-state index contributed by atoms with van der Waals surface area (Å²) in [6.07, 6.45) is 8.10. The number of hydrogen-bond donors (Lipinski definition) is 0. The van der Waals surface area contributed by atoms with E-state index in [1.165, 1.54) is 7.11 Å². The van der Waals surface area contributed by atoms with Crippen molar-refractivity contribution in [3.05, 3.63) is 52.9 Å². The maximum Gasteiger partial charge on any atom is 0.317 e. The molecule has 2 aromatic heterocycles. The van der Waals surface area contributed by atoms with E-state index in [-0.39, 0.29) is 35.9 Å². The van der Waals surface area contributed by atoms with Gasteiger partial charge in [0.15, 0.2) is 23.2 Å². The summed E-state index contributed by atoms with van der Waals surface area (Å²) in [4.78, 5) is 35.5. The Kier molecular flexibility index (Phi) is 7.34. The molecule has 0 amide bonds. The topological polar surface area (TPSA) is 119 Å². The zero-order valence-electron chi connectivity index (χ0n) is 23.4. The summed E-state index contributed by atoms with van der Waals surface area (Å²) in [5.41, 5.74) is -0.200. The molecule has 1 aliphatic carbocycles. The number of nitrogens with zero attached hydrogens (tertiary/aromatic N) is 5. The molecule has 3 heterocycles. The number of aryl methyl sites for hydroxylation is 2. The van der Waals surface area contributed by atoms with Gasteiger partial charge in [-0.25, -0.2) is 13.9 Å². The number of cyclic esters (lactones) is 1. The number of esters is 1. The van der Waals surface area contributed by atoms with Gasteiger partial charge in [-0.05, 0) is 63.5 Å². The van der Waals surface area contributed by atoms with E-state index < -0.39 is 28.7 Å². The van der Waals surface area contributed by atoms with Crippen molar-refractivity contribution in [3.8, 4) is 11.8 Å². The predicted octanol–water partition coefficient (Wildman–Crippen LogP) is 4.62. The Morgan fingerprint density at radius 2 is 2.02 bits per heavy atom. The molecule has 0 N–H and O–H groups in total. The fraction of sp³-hybridized carbons (Fsp3) is 0.533. The van der Waals surface area contributed by atoms with Crippen LogP contribution in [0, 0.1) is 35.9 Å². The molecule has 2 aliphatic rings.